The number of Topliss-reactive ketones (excluding diaryl/α,β-unsaturated/α-hetero) is 1. The molecular formula is C16H23NO5. The molecule has 1 aromatic carbocycles. The van der Waals surface area contributed by atoms with Gasteiger partial charge in [0.15, 0.2) is 5.78 Å². The number of ether oxygens (including phenoxy) is 2. The summed E-state index contributed by atoms with van der Waals surface area (Å²) < 4.78 is 9.90. The van der Waals surface area contributed by atoms with Crippen molar-refractivity contribution in [3.8, 4) is 5.75 Å². The third-order valence-corrected chi connectivity index (χ3v) is 2.91. The predicted molar refractivity (Wildman–Crippen MR) is 82.0 cm³/mol. The maximum absolute atomic E-state index is 11.8. The van der Waals surface area contributed by atoms with Crippen LogP contribution in [0, 0.1) is 0 Å². The van der Waals surface area contributed by atoms with Gasteiger partial charge in [-0.3, -0.25) is 9.59 Å². The van der Waals surface area contributed by atoms with Crippen LogP contribution in [0.4, 0.5) is 0 Å². The number of esters is 1. The summed E-state index contributed by atoms with van der Waals surface area (Å²) in [6.45, 7) is 4.61. The number of nitrogens with one attached hydrogen (secondary N) is 1. The van der Waals surface area contributed by atoms with Gasteiger partial charge in [-0.2, -0.15) is 0 Å². The molecule has 22 heavy (non-hydrogen) atoms. The van der Waals surface area contributed by atoms with Gasteiger partial charge in [-0.25, -0.2) is 0 Å². The van der Waals surface area contributed by atoms with Crippen molar-refractivity contribution in [3.05, 3.63) is 29.8 Å². The number of aliphatic hydroxyl groups is 1. The van der Waals surface area contributed by atoms with Gasteiger partial charge in [0.2, 0.25) is 0 Å². The van der Waals surface area contributed by atoms with Gasteiger partial charge in [-0.15, -0.1) is 0 Å². The van der Waals surface area contributed by atoms with Gasteiger partial charge in [-0.1, -0.05) is 13.8 Å². The van der Waals surface area contributed by atoms with Gasteiger partial charge in [0.1, 0.15) is 24.9 Å². The van der Waals surface area contributed by atoms with Gasteiger partial charge in [-0.05, 0) is 24.3 Å². The van der Waals surface area contributed by atoms with E-state index in [-0.39, 0.29) is 18.8 Å². The molecule has 0 saturated carbocycles. The van der Waals surface area contributed by atoms with E-state index in [1.807, 2.05) is 13.8 Å². The zero-order valence-corrected chi connectivity index (χ0v) is 13.2. The molecule has 122 valence electrons. The van der Waals surface area contributed by atoms with Crippen molar-refractivity contribution < 1.29 is 24.2 Å². The fraction of sp³-hybridized carbons (Fsp3) is 0.500. The Balaban J connectivity index is 2.44. The summed E-state index contributed by atoms with van der Waals surface area (Å²) in [6.07, 6.45) is -0.890. The highest BCUT2D eigenvalue weighted by atomic mass is 16.5. The lowest BCUT2D eigenvalue weighted by Gasteiger charge is -2.15. The number of hydrogen-bond acceptors (Lipinski definition) is 6. The van der Waals surface area contributed by atoms with Crippen LogP contribution in [0.15, 0.2) is 24.3 Å². The normalized spacial score (nSPS) is 12.0. The zero-order chi connectivity index (χ0) is 16.5. The van der Waals surface area contributed by atoms with Crippen molar-refractivity contribution in [1.82, 2.24) is 5.32 Å². The van der Waals surface area contributed by atoms with Crippen LogP contribution in [-0.4, -0.2) is 49.3 Å². The van der Waals surface area contributed by atoms with Crippen molar-refractivity contribution >= 4 is 11.8 Å². The Hall–Kier alpha value is -1.92. The Bertz CT molecular complexity index is 484. The topological polar surface area (TPSA) is 84.9 Å². The third kappa shape index (κ3) is 6.69. The van der Waals surface area contributed by atoms with E-state index < -0.39 is 12.1 Å². The van der Waals surface area contributed by atoms with Gasteiger partial charge in [0.05, 0.1) is 7.11 Å². The highest BCUT2D eigenvalue weighted by molar-refractivity contribution is 6.05. The fourth-order valence-corrected chi connectivity index (χ4v) is 1.67. The molecule has 0 amide bonds. The third-order valence-electron chi connectivity index (χ3n) is 2.91. The monoisotopic (exact) mass is 309 g/mol. The Morgan fingerprint density at radius 1 is 1.23 bits per heavy atom. The Morgan fingerprint density at radius 3 is 2.41 bits per heavy atom. The Morgan fingerprint density at radius 2 is 1.86 bits per heavy atom. The second-order valence-electron chi connectivity index (χ2n) is 5.23. The van der Waals surface area contributed by atoms with Crippen LogP contribution < -0.4 is 10.1 Å². The lowest BCUT2D eigenvalue weighted by Crippen LogP contribution is -2.35. The van der Waals surface area contributed by atoms with E-state index in [0.29, 0.717) is 23.9 Å². The van der Waals surface area contributed by atoms with E-state index in [0.717, 1.165) is 0 Å². The number of rotatable bonds is 9. The average molecular weight is 309 g/mol. The second-order valence-corrected chi connectivity index (χ2v) is 5.23. The minimum atomic E-state index is -0.608. The largest absolute Gasteiger partial charge is 0.491 e. The van der Waals surface area contributed by atoms with Gasteiger partial charge >= 0.3 is 5.97 Å². The van der Waals surface area contributed by atoms with E-state index in [1.165, 1.54) is 7.11 Å². The number of carbonyl (C=O) groups is 2. The van der Waals surface area contributed by atoms with Crippen LogP contribution in [0.25, 0.3) is 0 Å². The lowest BCUT2D eigenvalue weighted by molar-refractivity contribution is -0.139. The summed E-state index contributed by atoms with van der Waals surface area (Å²) >= 11 is 0. The molecule has 1 unspecified atom stereocenters. The van der Waals surface area contributed by atoms with Crippen LogP contribution in [0.3, 0.4) is 0 Å². The zero-order valence-electron chi connectivity index (χ0n) is 13.2. The van der Waals surface area contributed by atoms with Crippen molar-refractivity contribution in [2.24, 2.45) is 0 Å². The second kappa shape index (κ2) is 9.17. The van der Waals surface area contributed by atoms with E-state index in [9.17, 15) is 14.7 Å². The number of aliphatic hydroxyl groups excluding tert-OH is 1. The molecule has 0 aliphatic rings. The molecule has 0 radical (unpaired) electrons. The first kappa shape index (κ1) is 18.1. The first-order valence-electron chi connectivity index (χ1n) is 7.16. The standard InChI is InChI=1S/C16H23NO5/c1-11(2)17-9-13(18)10-22-14-6-4-12(5-7-14)15(19)8-16(20)21-3/h4-7,11,13,17-18H,8-10H2,1-3H3. The molecule has 0 aliphatic carbocycles. The maximum atomic E-state index is 11.8. The maximum Gasteiger partial charge on any atom is 0.313 e. The molecule has 0 fully saturated rings. The number of methoxy groups -OCH3 is 1. The summed E-state index contributed by atoms with van der Waals surface area (Å²) in [4.78, 5) is 22.8. The number of benzene rings is 1. The van der Waals surface area contributed by atoms with Crippen LogP contribution in [0.1, 0.15) is 30.6 Å². The molecule has 0 heterocycles. The summed E-state index contributed by atoms with van der Waals surface area (Å²) in [5.41, 5.74) is 0.416. The highest BCUT2D eigenvalue weighted by Crippen LogP contribution is 2.14. The average Bonchev–Trinajstić information content (AvgIpc) is 2.51. The van der Waals surface area contributed by atoms with E-state index in [2.05, 4.69) is 10.1 Å². The number of carbonyl (C=O) groups excluding carboxylic acids is 2. The van der Waals surface area contributed by atoms with Crippen LogP contribution in [-0.2, 0) is 9.53 Å². The smallest absolute Gasteiger partial charge is 0.313 e. The molecule has 0 saturated heterocycles. The van der Waals surface area contributed by atoms with Crippen LogP contribution in [0.2, 0.25) is 0 Å². The van der Waals surface area contributed by atoms with Gasteiger partial charge in [0, 0.05) is 18.2 Å². The SMILES string of the molecule is COC(=O)CC(=O)c1ccc(OCC(O)CNC(C)C)cc1. The minimum Gasteiger partial charge on any atom is -0.491 e. The Kier molecular flexibility index (Phi) is 7.56. The van der Waals surface area contributed by atoms with Crippen molar-refractivity contribution in [1.29, 1.82) is 0 Å². The first-order chi connectivity index (χ1) is 10.4. The molecule has 1 rings (SSSR count). The number of ketones is 1. The molecule has 0 spiro atoms. The van der Waals surface area contributed by atoms with Gasteiger partial charge in [0.25, 0.3) is 0 Å². The predicted octanol–water partition coefficient (Wildman–Crippen LogP) is 1.17. The molecule has 1 aromatic rings. The van der Waals surface area contributed by atoms with Gasteiger partial charge < -0.3 is 19.9 Å². The molecule has 0 aliphatic heterocycles. The fourth-order valence-electron chi connectivity index (χ4n) is 1.67. The molecule has 0 bridgehead atoms. The van der Waals surface area contributed by atoms with Crippen molar-refractivity contribution in [2.75, 3.05) is 20.3 Å². The summed E-state index contributed by atoms with van der Waals surface area (Å²) in [5, 5.41) is 12.8. The van der Waals surface area contributed by atoms with E-state index in [4.69, 9.17) is 4.74 Å². The summed E-state index contributed by atoms with van der Waals surface area (Å²) in [6, 6.07) is 6.73. The quantitative estimate of drug-likeness (QED) is 0.405. The van der Waals surface area contributed by atoms with E-state index in [1.54, 1.807) is 24.3 Å². The highest BCUT2D eigenvalue weighted by Gasteiger charge is 2.12. The van der Waals surface area contributed by atoms with E-state index >= 15 is 0 Å². The number of hydrogen-bond donors (Lipinski definition) is 2. The molecule has 6 heteroatoms. The lowest BCUT2D eigenvalue weighted by atomic mass is 10.1. The molecule has 2 N–H and O–H groups in total. The Labute approximate surface area is 130 Å². The van der Waals surface area contributed by atoms with Crippen molar-refractivity contribution in [3.63, 3.8) is 0 Å². The summed E-state index contributed by atoms with van der Waals surface area (Å²) in [5.74, 6) is -0.316. The van der Waals surface area contributed by atoms with Crippen molar-refractivity contribution in [2.45, 2.75) is 32.4 Å². The summed E-state index contributed by atoms with van der Waals surface area (Å²) in [7, 11) is 1.24. The molecule has 0 aromatic heterocycles. The van der Waals surface area contributed by atoms with Crippen LogP contribution in [0.5, 0.6) is 5.75 Å². The molecular weight excluding hydrogens is 286 g/mol. The first-order valence-corrected chi connectivity index (χ1v) is 7.16. The minimum absolute atomic E-state index is 0.162. The molecule has 1 atom stereocenters. The van der Waals surface area contributed by atoms with Crippen LogP contribution >= 0.6 is 0 Å². The molecule has 6 nitrogen and oxygen atoms in total.